The van der Waals surface area contributed by atoms with Gasteiger partial charge in [0, 0.05) is 11.8 Å². The van der Waals surface area contributed by atoms with Gasteiger partial charge in [0.25, 0.3) is 0 Å². The van der Waals surface area contributed by atoms with Gasteiger partial charge in [-0.05, 0) is 26.8 Å². The molecule has 4 heteroatoms. The smallest absolute Gasteiger partial charge is 0.412 e. The third-order valence-electron chi connectivity index (χ3n) is 1.71. The highest BCUT2D eigenvalue weighted by Crippen LogP contribution is 2.16. The normalized spacial score (nSPS) is 10.7. The predicted molar refractivity (Wildman–Crippen MR) is 64.2 cm³/mol. The van der Waals surface area contributed by atoms with Gasteiger partial charge in [0.1, 0.15) is 5.60 Å². The molecule has 0 aliphatic rings. The summed E-state index contributed by atoms with van der Waals surface area (Å²) in [4.78, 5) is 15.4. The number of aromatic nitrogens is 1. The number of anilines is 1. The number of rotatable bonds is 2. The van der Waals surface area contributed by atoms with Gasteiger partial charge < -0.3 is 4.74 Å². The molecule has 0 fully saturated rings. The van der Waals surface area contributed by atoms with E-state index in [2.05, 4.69) is 16.9 Å². The fourth-order valence-electron chi connectivity index (χ4n) is 1.10. The van der Waals surface area contributed by atoms with Gasteiger partial charge in [0.05, 0.1) is 11.9 Å². The zero-order valence-corrected chi connectivity index (χ0v) is 9.78. The SMILES string of the molecule is C=Cc1ccncc1NC(=O)OC(C)(C)C. The van der Waals surface area contributed by atoms with Crippen LogP contribution in [-0.2, 0) is 4.74 Å². The van der Waals surface area contributed by atoms with Crippen molar-refractivity contribution in [2.75, 3.05) is 5.32 Å². The monoisotopic (exact) mass is 220 g/mol. The number of carbonyl (C=O) groups is 1. The van der Waals surface area contributed by atoms with Gasteiger partial charge >= 0.3 is 6.09 Å². The van der Waals surface area contributed by atoms with Crippen LogP contribution in [0, 0.1) is 0 Å². The van der Waals surface area contributed by atoms with Crippen LogP contribution in [0.25, 0.3) is 6.08 Å². The van der Waals surface area contributed by atoms with E-state index in [0.29, 0.717) is 5.69 Å². The molecule has 0 saturated carbocycles. The Labute approximate surface area is 95.3 Å². The molecule has 16 heavy (non-hydrogen) atoms. The summed E-state index contributed by atoms with van der Waals surface area (Å²) in [5, 5.41) is 2.62. The largest absolute Gasteiger partial charge is 0.444 e. The van der Waals surface area contributed by atoms with Crippen molar-refractivity contribution in [1.82, 2.24) is 4.98 Å². The highest BCUT2D eigenvalue weighted by molar-refractivity contribution is 5.87. The topological polar surface area (TPSA) is 51.2 Å². The Morgan fingerprint density at radius 2 is 2.25 bits per heavy atom. The van der Waals surface area contributed by atoms with E-state index < -0.39 is 11.7 Å². The third-order valence-corrected chi connectivity index (χ3v) is 1.71. The van der Waals surface area contributed by atoms with E-state index >= 15 is 0 Å². The van der Waals surface area contributed by atoms with Crippen LogP contribution in [0.2, 0.25) is 0 Å². The molecule has 0 unspecified atom stereocenters. The Hall–Kier alpha value is -1.84. The second-order valence-corrected chi connectivity index (χ2v) is 4.29. The van der Waals surface area contributed by atoms with E-state index in [-0.39, 0.29) is 0 Å². The Balaban J connectivity index is 2.73. The Morgan fingerprint density at radius 1 is 1.56 bits per heavy atom. The number of nitrogens with zero attached hydrogens (tertiary/aromatic N) is 1. The highest BCUT2D eigenvalue weighted by Gasteiger charge is 2.16. The van der Waals surface area contributed by atoms with Crippen molar-refractivity contribution in [1.29, 1.82) is 0 Å². The minimum atomic E-state index is -0.513. The maximum Gasteiger partial charge on any atom is 0.412 e. The second-order valence-electron chi connectivity index (χ2n) is 4.29. The van der Waals surface area contributed by atoms with Crippen LogP contribution in [0.1, 0.15) is 26.3 Å². The summed E-state index contributed by atoms with van der Waals surface area (Å²) in [5.41, 5.74) is 0.883. The first-order valence-corrected chi connectivity index (χ1v) is 4.99. The maximum absolute atomic E-state index is 11.5. The number of pyridine rings is 1. The minimum absolute atomic E-state index is 0.497. The summed E-state index contributed by atoms with van der Waals surface area (Å²) in [6, 6.07) is 1.76. The molecule has 86 valence electrons. The van der Waals surface area contributed by atoms with E-state index in [9.17, 15) is 4.79 Å². The van der Waals surface area contributed by atoms with Gasteiger partial charge in [-0.15, -0.1) is 0 Å². The number of nitrogens with one attached hydrogen (secondary N) is 1. The van der Waals surface area contributed by atoms with Crippen LogP contribution >= 0.6 is 0 Å². The summed E-state index contributed by atoms with van der Waals surface area (Å²) >= 11 is 0. The van der Waals surface area contributed by atoms with Gasteiger partial charge in [-0.3, -0.25) is 10.3 Å². The highest BCUT2D eigenvalue weighted by atomic mass is 16.6. The van der Waals surface area contributed by atoms with Crippen molar-refractivity contribution in [2.24, 2.45) is 0 Å². The number of amides is 1. The van der Waals surface area contributed by atoms with Crippen molar-refractivity contribution >= 4 is 17.9 Å². The second kappa shape index (κ2) is 4.79. The van der Waals surface area contributed by atoms with Crippen LogP contribution in [0.4, 0.5) is 10.5 Å². The molecular formula is C12H16N2O2. The summed E-state index contributed by atoms with van der Waals surface area (Å²) in [6.07, 6.45) is 4.34. The van der Waals surface area contributed by atoms with E-state index in [4.69, 9.17) is 4.74 Å². The molecule has 0 aliphatic heterocycles. The van der Waals surface area contributed by atoms with Crippen LogP contribution in [0.5, 0.6) is 0 Å². The lowest BCUT2D eigenvalue weighted by Crippen LogP contribution is -2.27. The predicted octanol–water partition coefficient (Wildman–Crippen LogP) is 3.07. The number of hydrogen-bond donors (Lipinski definition) is 1. The molecule has 1 aromatic rings. The number of carbonyl (C=O) groups excluding carboxylic acids is 1. The van der Waals surface area contributed by atoms with Crippen LogP contribution in [0.3, 0.4) is 0 Å². The Kier molecular flexibility index (Phi) is 3.66. The van der Waals surface area contributed by atoms with Crippen molar-refractivity contribution in [2.45, 2.75) is 26.4 Å². The summed E-state index contributed by atoms with van der Waals surface area (Å²) in [5.74, 6) is 0. The van der Waals surface area contributed by atoms with Crippen LogP contribution in [0.15, 0.2) is 25.0 Å². The zero-order valence-electron chi connectivity index (χ0n) is 9.78. The fraction of sp³-hybridized carbons (Fsp3) is 0.333. The number of hydrogen-bond acceptors (Lipinski definition) is 3. The molecule has 0 saturated heterocycles. The van der Waals surface area contributed by atoms with Crippen molar-refractivity contribution < 1.29 is 9.53 Å². The summed E-state index contributed by atoms with van der Waals surface area (Å²) < 4.78 is 5.13. The molecule has 0 atom stereocenters. The van der Waals surface area contributed by atoms with Crippen molar-refractivity contribution in [3.05, 3.63) is 30.6 Å². The lowest BCUT2D eigenvalue weighted by atomic mass is 10.2. The first kappa shape index (κ1) is 12.2. The molecule has 1 heterocycles. The molecule has 4 nitrogen and oxygen atoms in total. The molecule has 1 amide bonds. The zero-order chi connectivity index (χ0) is 12.2. The maximum atomic E-state index is 11.5. The average molecular weight is 220 g/mol. The first-order chi connectivity index (χ1) is 7.42. The lowest BCUT2D eigenvalue weighted by molar-refractivity contribution is 0.0636. The fourth-order valence-corrected chi connectivity index (χ4v) is 1.10. The molecular weight excluding hydrogens is 204 g/mol. The van der Waals surface area contributed by atoms with Gasteiger partial charge in [-0.1, -0.05) is 12.7 Å². The minimum Gasteiger partial charge on any atom is -0.444 e. The lowest BCUT2D eigenvalue weighted by Gasteiger charge is -2.20. The quantitative estimate of drug-likeness (QED) is 0.833. The molecule has 0 spiro atoms. The molecule has 0 radical (unpaired) electrons. The van der Waals surface area contributed by atoms with E-state index in [0.717, 1.165) is 5.56 Å². The first-order valence-electron chi connectivity index (χ1n) is 4.99. The van der Waals surface area contributed by atoms with E-state index in [1.165, 1.54) is 0 Å². The van der Waals surface area contributed by atoms with E-state index in [1.807, 2.05) is 20.8 Å². The third kappa shape index (κ3) is 3.73. The molecule has 1 N–H and O–H groups in total. The number of ether oxygens (including phenoxy) is 1. The summed E-state index contributed by atoms with van der Waals surface area (Å²) in [7, 11) is 0. The Morgan fingerprint density at radius 3 is 2.81 bits per heavy atom. The molecule has 1 aromatic heterocycles. The summed E-state index contributed by atoms with van der Waals surface area (Å²) in [6.45, 7) is 9.08. The van der Waals surface area contributed by atoms with Crippen molar-refractivity contribution in [3.8, 4) is 0 Å². The van der Waals surface area contributed by atoms with Gasteiger partial charge in [-0.25, -0.2) is 4.79 Å². The molecule has 1 rings (SSSR count). The Bertz CT molecular complexity index is 394. The average Bonchev–Trinajstić information content (AvgIpc) is 2.15. The van der Waals surface area contributed by atoms with Gasteiger partial charge in [0.2, 0.25) is 0 Å². The molecule has 0 aliphatic carbocycles. The van der Waals surface area contributed by atoms with Crippen LogP contribution in [-0.4, -0.2) is 16.7 Å². The van der Waals surface area contributed by atoms with Crippen molar-refractivity contribution in [3.63, 3.8) is 0 Å². The standard InChI is InChI=1S/C12H16N2O2/c1-5-9-6-7-13-8-10(9)14-11(15)16-12(2,3)4/h5-8H,1H2,2-4H3,(H,14,15). The molecule has 0 bridgehead atoms. The van der Waals surface area contributed by atoms with E-state index in [1.54, 1.807) is 24.5 Å². The van der Waals surface area contributed by atoms with Gasteiger partial charge in [0.15, 0.2) is 0 Å². The molecule has 0 aromatic carbocycles. The van der Waals surface area contributed by atoms with Gasteiger partial charge in [-0.2, -0.15) is 0 Å². The van der Waals surface area contributed by atoms with Crippen LogP contribution < -0.4 is 5.32 Å².